The highest BCUT2D eigenvalue weighted by Gasteiger charge is 2.30. The molecule has 2 aromatic carbocycles. The van der Waals surface area contributed by atoms with Gasteiger partial charge in [-0.3, -0.25) is 15.4 Å². The predicted octanol–water partition coefficient (Wildman–Crippen LogP) is 4.83. The van der Waals surface area contributed by atoms with Gasteiger partial charge in [-0.15, -0.1) is 0 Å². The van der Waals surface area contributed by atoms with Crippen LogP contribution < -0.4 is 16.0 Å². The van der Waals surface area contributed by atoms with Crippen LogP contribution in [0.15, 0.2) is 77.7 Å². The van der Waals surface area contributed by atoms with Gasteiger partial charge in [0, 0.05) is 23.3 Å². The Morgan fingerprint density at radius 2 is 1.80 bits per heavy atom. The van der Waals surface area contributed by atoms with E-state index >= 15 is 0 Å². The molecule has 0 radical (unpaired) electrons. The van der Waals surface area contributed by atoms with Crippen molar-refractivity contribution in [1.82, 2.24) is 9.97 Å². The van der Waals surface area contributed by atoms with Crippen LogP contribution in [-0.4, -0.2) is 15.2 Å². The maximum Gasteiger partial charge on any atom is 0.416 e. The number of para-hydroxylation sites is 1. The quantitative estimate of drug-likeness (QED) is 0.418. The molecular formula is C21H15F3N4O2. The zero-order valence-corrected chi connectivity index (χ0v) is 15.3. The van der Waals surface area contributed by atoms with E-state index in [-0.39, 0.29) is 27.8 Å². The van der Waals surface area contributed by atoms with Crippen molar-refractivity contribution in [3.05, 3.63) is 88.7 Å². The molecule has 4 rings (SSSR count). The van der Waals surface area contributed by atoms with Crippen molar-refractivity contribution in [3.63, 3.8) is 0 Å². The van der Waals surface area contributed by atoms with E-state index in [1.54, 1.807) is 36.4 Å². The average Bonchev–Trinajstić information content (AvgIpc) is 2.73. The van der Waals surface area contributed by atoms with E-state index in [2.05, 4.69) is 15.4 Å². The van der Waals surface area contributed by atoms with Gasteiger partial charge in [0.05, 0.1) is 11.1 Å². The van der Waals surface area contributed by atoms with E-state index in [9.17, 15) is 23.2 Å². The lowest BCUT2D eigenvalue weighted by atomic mass is 10.1. The summed E-state index contributed by atoms with van der Waals surface area (Å²) in [6.45, 7) is 0. The van der Waals surface area contributed by atoms with E-state index in [1.807, 2.05) is 0 Å². The number of rotatable bonds is 4. The number of hydrogen-bond acceptors (Lipinski definition) is 5. The van der Waals surface area contributed by atoms with Gasteiger partial charge in [0.25, 0.3) is 0 Å². The minimum atomic E-state index is -4.51. The van der Waals surface area contributed by atoms with Gasteiger partial charge in [0.1, 0.15) is 11.5 Å². The smallest absolute Gasteiger partial charge is 0.352 e. The van der Waals surface area contributed by atoms with Gasteiger partial charge in [-0.25, -0.2) is 4.98 Å². The van der Waals surface area contributed by atoms with Crippen molar-refractivity contribution in [2.24, 2.45) is 0 Å². The number of H-pyrrole nitrogens is 1. The number of pyridine rings is 2. The Labute approximate surface area is 168 Å². The lowest BCUT2D eigenvalue weighted by Gasteiger charge is -2.20. The number of benzene rings is 2. The Balaban J connectivity index is 1.81. The number of fused-ring (bicyclic) bond motifs is 1. The first kappa shape index (κ1) is 19.5. The Bertz CT molecular complexity index is 1260. The summed E-state index contributed by atoms with van der Waals surface area (Å²) >= 11 is 0. The van der Waals surface area contributed by atoms with Crippen molar-refractivity contribution < 1.29 is 18.4 Å². The summed E-state index contributed by atoms with van der Waals surface area (Å²) in [7, 11) is 0. The molecule has 152 valence electrons. The molecule has 0 saturated carbocycles. The minimum Gasteiger partial charge on any atom is -0.352 e. The van der Waals surface area contributed by atoms with Crippen LogP contribution in [0.4, 0.5) is 24.7 Å². The molecular weight excluding hydrogens is 397 g/mol. The second-order valence-electron chi connectivity index (χ2n) is 6.46. The first-order chi connectivity index (χ1) is 14.3. The maximum atomic E-state index is 13.1. The standard InChI is InChI=1S/C21H15F3N4O2/c22-21(23,24)14-6-3-5-13(11-14)16-12-18(29)15-7-4-8-17(20(15)26-16)28(30)27-19-9-1-2-10-25-19/h1-12,30H,(H,25,27)(H,26,29). The fourth-order valence-electron chi connectivity index (χ4n) is 3.05. The predicted molar refractivity (Wildman–Crippen MR) is 107 cm³/mol. The Hall–Kier alpha value is -3.85. The van der Waals surface area contributed by atoms with Gasteiger partial charge in [-0.2, -0.15) is 18.3 Å². The SMILES string of the molecule is O=c1cc(-c2cccc(C(F)(F)F)c2)[nH]c2c(N(O)Nc3ccccn3)cccc12. The van der Waals surface area contributed by atoms with Gasteiger partial charge in [-0.1, -0.05) is 24.3 Å². The highest BCUT2D eigenvalue weighted by atomic mass is 19.4. The van der Waals surface area contributed by atoms with Gasteiger partial charge in [0.15, 0.2) is 5.43 Å². The van der Waals surface area contributed by atoms with E-state index in [4.69, 9.17) is 0 Å². The van der Waals surface area contributed by atoms with Crippen molar-refractivity contribution in [1.29, 1.82) is 0 Å². The topological polar surface area (TPSA) is 81.2 Å². The van der Waals surface area contributed by atoms with Crippen LogP contribution in [0.5, 0.6) is 0 Å². The summed E-state index contributed by atoms with van der Waals surface area (Å²) in [4.78, 5) is 19.6. The van der Waals surface area contributed by atoms with Crippen molar-refractivity contribution in [2.75, 3.05) is 10.6 Å². The number of aromatic nitrogens is 2. The molecule has 0 aliphatic heterocycles. The lowest BCUT2D eigenvalue weighted by molar-refractivity contribution is -0.137. The van der Waals surface area contributed by atoms with Crippen LogP contribution in [0.25, 0.3) is 22.2 Å². The molecule has 0 saturated heterocycles. The highest BCUT2D eigenvalue weighted by molar-refractivity contribution is 5.92. The van der Waals surface area contributed by atoms with E-state index < -0.39 is 17.2 Å². The molecule has 2 aromatic heterocycles. The maximum absolute atomic E-state index is 13.1. The average molecular weight is 412 g/mol. The second-order valence-corrected chi connectivity index (χ2v) is 6.46. The lowest BCUT2D eigenvalue weighted by Crippen LogP contribution is -2.26. The number of aromatic amines is 1. The third kappa shape index (κ3) is 3.83. The summed E-state index contributed by atoms with van der Waals surface area (Å²) in [5, 5.41) is 11.4. The molecule has 0 aliphatic carbocycles. The van der Waals surface area contributed by atoms with E-state index in [0.29, 0.717) is 11.0 Å². The Morgan fingerprint density at radius 1 is 1.00 bits per heavy atom. The fraction of sp³-hybridized carbons (Fsp3) is 0.0476. The second kappa shape index (κ2) is 7.53. The van der Waals surface area contributed by atoms with Crippen molar-refractivity contribution in [3.8, 4) is 11.3 Å². The largest absolute Gasteiger partial charge is 0.416 e. The number of anilines is 2. The van der Waals surface area contributed by atoms with Crippen LogP contribution in [0.1, 0.15) is 5.56 Å². The number of hydrazine groups is 1. The highest BCUT2D eigenvalue weighted by Crippen LogP contribution is 2.32. The molecule has 0 unspecified atom stereocenters. The minimum absolute atomic E-state index is 0.192. The number of alkyl halides is 3. The zero-order valence-electron chi connectivity index (χ0n) is 15.3. The van der Waals surface area contributed by atoms with Gasteiger partial charge >= 0.3 is 6.18 Å². The van der Waals surface area contributed by atoms with Crippen molar-refractivity contribution in [2.45, 2.75) is 6.18 Å². The molecule has 2 heterocycles. The molecule has 0 aliphatic rings. The molecule has 0 bridgehead atoms. The first-order valence-electron chi connectivity index (χ1n) is 8.83. The monoisotopic (exact) mass is 412 g/mol. The summed E-state index contributed by atoms with van der Waals surface area (Å²) in [6, 6.07) is 15.6. The Morgan fingerprint density at radius 3 is 2.53 bits per heavy atom. The molecule has 3 N–H and O–H groups in total. The summed E-state index contributed by atoms with van der Waals surface area (Å²) in [5.41, 5.74) is 2.28. The van der Waals surface area contributed by atoms with E-state index in [0.717, 1.165) is 12.1 Å². The van der Waals surface area contributed by atoms with Gasteiger partial charge in [0.2, 0.25) is 0 Å². The third-order valence-corrected chi connectivity index (χ3v) is 4.46. The molecule has 30 heavy (non-hydrogen) atoms. The number of halogens is 3. The van der Waals surface area contributed by atoms with Gasteiger partial charge < -0.3 is 4.98 Å². The molecule has 0 amide bonds. The van der Waals surface area contributed by atoms with Crippen LogP contribution in [0, 0.1) is 0 Å². The number of nitrogens with zero attached hydrogens (tertiary/aromatic N) is 2. The van der Waals surface area contributed by atoms with Gasteiger partial charge in [-0.05, 0) is 42.0 Å². The summed E-state index contributed by atoms with van der Waals surface area (Å²) < 4.78 is 39.2. The summed E-state index contributed by atoms with van der Waals surface area (Å²) in [6.07, 6.45) is -2.97. The fourth-order valence-corrected chi connectivity index (χ4v) is 3.05. The third-order valence-electron chi connectivity index (χ3n) is 4.46. The molecule has 4 aromatic rings. The molecule has 9 heteroatoms. The summed E-state index contributed by atoms with van der Waals surface area (Å²) in [5.74, 6) is 0.355. The number of hydrogen-bond donors (Lipinski definition) is 3. The zero-order chi connectivity index (χ0) is 21.3. The van der Waals surface area contributed by atoms with Crippen LogP contribution >= 0.6 is 0 Å². The normalized spacial score (nSPS) is 11.5. The molecule has 0 fully saturated rings. The Kier molecular flexibility index (Phi) is 4.88. The molecule has 0 spiro atoms. The molecule has 0 atom stereocenters. The van der Waals surface area contributed by atoms with Crippen LogP contribution in [-0.2, 0) is 6.18 Å². The number of nitrogens with one attached hydrogen (secondary N) is 2. The van der Waals surface area contributed by atoms with Crippen LogP contribution in [0.3, 0.4) is 0 Å². The van der Waals surface area contributed by atoms with E-state index in [1.165, 1.54) is 24.4 Å². The van der Waals surface area contributed by atoms with Crippen LogP contribution in [0.2, 0.25) is 0 Å². The molecule has 6 nitrogen and oxygen atoms in total. The van der Waals surface area contributed by atoms with Crippen molar-refractivity contribution >= 4 is 22.4 Å². The first-order valence-corrected chi connectivity index (χ1v) is 8.83.